The van der Waals surface area contributed by atoms with E-state index in [1.165, 1.54) is 24.9 Å². The molecule has 0 radical (unpaired) electrons. The van der Waals surface area contributed by atoms with Crippen molar-refractivity contribution in [1.82, 2.24) is 19.6 Å². The first-order valence-corrected chi connectivity index (χ1v) is 9.53. The molecule has 1 aromatic heterocycles. The number of halogens is 1. The molecule has 4 rings (SSSR count). The lowest BCUT2D eigenvalue weighted by Gasteiger charge is -2.38. The predicted molar refractivity (Wildman–Crippen MR) is 105 cm³/mol. The number of anilines is 1. The molecule has 2 saturated heterocycles. The minimum Gasteiger partial charge on any atom is -0.346 e. The second-order valence-corrected chi connectivity index (χ2v) is 7.58. The van der Waals surface area contributed by atoms with Gasteiger partial charge in [0, 0.05) is 36.9 Å². The Balaban J connectivity index is 1.34. The van der Waals surface area contributed by atoms with Crippen molar-refractivity contribution in [1.29, 1.82) is 0 Å². The summed E-state index contributed by atoms with van der Waals surface area (Å²) in [5.41, 5.74) is 2.10. The van der Waals surface area contributed by atoms with Gasteiger partial charge in [-0.05, 0) is 49.3 Å². The van der Waals surface area contributed by atoms with Crippen LogP contribution in [0, 0.1) is 0 Å². The van der Waals surface area contributed by atoms with E-state index in [0.717, 1.165) is 35.5 Å². The normalized spacial score (nSPS) is 20.5. The maximum Gasteiger partial charge on any atom is 0.173 e. The highest BCUT2D eigenvalue weighted by atomic mass is 35.5. The third-order valence-electron chi connectivity index (χ3n) is 5.02. The van der Waals surface area contributed by atoms with Crippen LogP contribution in [0.5, 0.6) is 0 Å². The molecule has 2 aromatic rings. The summed E-state index contributed by atoms with van der Waals surface area (Å²) >= 11 is 11.5. The predicted octanol–water partition coefficient (Wildman–Crippen LogP) is 3.06. The molecular formula is C18H22ClN5S. The number of fused-ring (bicyclic) bond motifs is 1. The summed E-state index contributed by atoms with van der Waals surface area (Å²) in [5.74, 6) is 0. The van der Waals surface area contributed by atoms with E-state index >= 15 is 0 Å². The Morgan fingerprint density at radius 1 is 1.24 bits per heavy atom. The topological polar surface area (TPSA) is 36.3 Å². The zero-order valence-corrected chi connectivity index (χ0v) is 15.6. The van der Waals surface area contributed by atoms with Gasteiger partial charge in [0.2, 0.25) is 0 Å². The van der Waals surface area contributed by atoms with E-state index in [1.54, 1.807) is 0 Å². The van der Waals surface area contributed by atoms with Gasteiger partial charge in [0.15, 0.2) is 5.11 Å². The maximum absolute atomic E-state index is 5.93. The Bertz CT molecular complexity index is 744. The fourth-order valence-corrected chi connectivity index (χ4v) is 4.08. The lowest BCUT2D eigenvalue weighted by Crippen LogP contribution is -2.53. The number of aromatic nitrogens is 2. The second-order valence-electron chi connectivity index (χ2n) is 6.76. The highest BCUT2D eigenvalue weighted by Gasteiger charge is 2.31. The maximum atomic E-state index is 5.93. The summed E-state index contributed by atoms with van der Waals surface area (Å²) in [6.07, 6.45) is 6.43. The summed E-state index contributed by atoms with van der Waals surface area (Å²) in [5, 5.41) is 9.31. The molecule has 0 saturated carbocycles. The molecule has 2 aliphatic heterocycles. The first kappa shape index (κ1) is 16.8. The lowest BCUT2D eigenvalue weighted by atomic mass is 10.2. The van der Waals surface area contributed by atoms with Gasteiger partial charge in [-0.2, -0.15) is 5.10 Å². The molecular weight excluding hydrogens is 354 g/mol. The smallest absolute Gasteiger partial charge is 0.173 e. The van der Waals surface area contributed by atoms with Crippen molar-refractivity contribution in [2.24, 2.45) is 0 Å². The van der Waals surface area contributed by atoms with Crippen LogP contribution in [-0.2, 0) is 6.54 Å². The summed E-state index contributed by atoms with van der Waals surface area (Å²) < 4.78 is 1.91. The third kappa shape index (κ3) is 3.97. The number of benzene rings is 1. The van der Waals surface area contributed by atoms with E-state index < -0.39 is 0 Å². The molecule has 0 amide bonds. The minimum absolute atomic E-state index is 0.668. The molecule has 0 aliphatic carbocycles. The van der Waals surface area contributed by atoms with Gasteiger partial charge in [0.05, 0.1) is 18.4 Å². The van der Waals surface area contributed by atoms with Crippen LogP contribution in [0.25, 0.3) is 0 Å². The van der Waals surface area contributed by atoms with E-state index in [2.05, 4.69) is 20.2 Å². The first-order chi connectivity index (χ1) is 12.2. The van der Waals surface area contributed by atoms with Gasteiger partial charge in [0.25, 0.3) is 0 Å². The summed E-state index contributed by atoms with van der Waals surface area (Å²) in [7, 11) is 0. The fraction of sp³-hybridized carbons (Fsp3) is 0.444. The molecule has 0 unspecified atom stereocenters. The van der Waals surface area contributed by atoms with Crippen LogP contribution >= 0.6 is 23.8 Å². The van der Waals surface area contributed by atoms with Gasteiger partial charge < -0.3 is 10.2 Å². The summed E-state index contributed by atoms with van der Waals surface area (Å²) in [6.45, 7) is 5.11. The average Bonchev–Trinajstić information content (AvgIpc) is 3.25. The van der Waals surface area contributed by atoms with Gasteiger partial charge in [0.1, 0.15) is 0 Å². The van der Waals surface area contributed by atoms with Crippen molar-refractivity contribution in [3.8, 4) is 0 Å². The number of piperazine rings is 1. The van der Waals surface area contributed by atoms with Crippen molar-refractivity contribution in [3.05, 3.63) is 47.2 Å². The van der Waals surface area contributed by atoms with Crippen molar-refractivity contribution >= 4 is 34.6 Å². The van der Waals surface area contributed by atoms with Crippen LogP contribution in [0.1, 0.15) is 18.4 Å². The summed E-state index contributed by atoms with van der Waals surface area (Å²) in [6, 6.07) is 8.50. The molecule has 0 spiro atoms. The molecule has 1 aromatic carbocycles. The highest BCUT2D eigenvalue weighted by molar-refractivity contribution is 7.80. The minimum atomic E-state index is 0.668. The van der Waals surface area contributed by atoms with Crippen molar-refractivity contribution in [3.63, 3.8) is 0 Å². The lowest BCUT2D eigenvalue weighted by molar-refractivity contribution is 0.153. The van der Waals surface area contributed by atoms with E-state index in [9.17, 15) is 0 Å². The number of hydrogen-bond acceptors (Lipinski definition) is 3. The Hall–Kier alpha value is -1.63. The SMILES string of the molecule is S=C(Nc1cnn(Cc2ccc(Cl)cc2)c1)N1CCN2CCC[C@@H]2C1. The molecule has 25 heavy (non-hydrogen) atoms. The van der Waals surface area contributed by atoms with Crippen LogP contribution in [0.2, 0.25) is 5.02 Å². The molecule has 132 valence electrons. The third-order valence-corrected chi connectivity index (χ3v) is 5.63. The van der Waals surface area contributed by atoms with E-state index in [1.807, 2.05) is 41.3 Å². The molecule has 1 N–H and O–H groups in total. The van der Waals surface area contributed by atoms with Crippen molar-refractivity contribution in [2.75, 3.05) is 31.5 Å². The summed E-state index contributed by atoms with van der Waals surface area (Å²) in [4.78, 5) is 4.88. The Morgan fingerprint density at radius 3 is 2.92 bits per heavy atom. The highest BCUT2D eigenvalue weighted by Crippen LogP contribution is 2.22. The van der Waals surface area contributed by atoms with Crippen molar-refractivity contribution < 1.29 is 0 Å². The molecule has 2 fully saturated rings. The Morgan fingerprint density at radius 2 is 2.08 bits per heavy atom. The van der Waals surface area contributed by atoms with Crippen LogP contribution in [-0.4, -0.2) is 56.9 Å². The monoisotopic (exact) mass is 375 g/mol. The number of nitrogens with one attached hydrogen (secondary N) is 1. The van der Waals surface area contributed by atoms with Gasteiger partial charge in [-0.3, -0.25) is 9.58 Å². The van der Waals surface area contributed by atoms with E-state index in [4.69, 9.17) is 23.8 Å². The van der Waals surface area contributed by atoms with Crippen LogP contribution in [0.4, 0.5) is 5.69 Å². The molecule has 0 bridgehead atoms. The average molecular weight is 376 g/mol. The fourth-order valence-electron chi connectivity index (χ4n) is 3.67. The standard InChI is InChI=1S/C18H22ClN5S/c19-15-5-3-14(4-6-15)11-24-12-16(10-20-24)21-18(25)23-9-8-22-7-1-2-17(22)13-23/h3-6,10,12,17H,1-2,7-9,11,13H2,(H,21,25)/t17-/m1/s1. The zero-order valence-electron chi connectivity index (χ0n) is 14.1. The molecule has 3 heterocycles. The number of nitrogens with zero attached hydrogens (tertiary/aromatic N) is 4. The van der Waals surface area contributed by atoms with Crippen LogP contribution in [0.3, 0.4) is 0 Å². The quantitative estimate of drug-likeness (QED) is 0.834. The molecule has 5 nitrogen and oxygen atoms in total. The first-order valence-electron chi connectivity index (χ1n) is 8.74. The number of hydrogen-bond donors (Lipinski definition) is 1. The van der Waals surface area contributed by atoms with E-state index in [0.29, 0.717) is 12.6 Å². The van der Waals surface area contributed by atoms with Gasteiger partial charge >= 0.3 is 0 Å². The van der Waals surface area contributed by atoms with Gasteiger partial charge in [-0.25, -0.2) is 0 Å². The van der Waals surface area contributed by atoms with Gasteiger partial charge in [-0.1, -0.05) is 23.7 Å². The molecule has 7 heteroatoms. The molecule has 2 aliphatic rings. The Labute approximate surface area is 158 Å². The van der Waals surface area contributed by atoms with Gasteiger partial charge in [-0.15, -0.1) is 0 Å². The zero-order chi connectivity index (χ0) is 17.2. The largest absolute Gasteiger partial charge is 0.346 e. The molecule has 1 atom stereocenters. The number of rotatable bonds is 3. The van der Waals surface area contributed by atoms with Crippen LogP contribution in [0.15, 0.2) is 36.7 Å². The second kappa shape index (κ2) is 7.32. The van der Waals surface area contributed by atoms with E-state index in [-0.39, 0.29) is 0 Å². The number of thiocarbonyl (C=S) groups is 1. The van der Waals surface area contributed by atoms with Crippen molar-refractivity contribution in [2.45, 2.75) is 25.4 Å². The Kier molecular flexibility index (Phi) is 4.92. The van der Waals surface area contributed by atoms with Crippen LogP contribution < -0.4 is 5.32 Å².